The maximum Gasteiger partial charge on any atom is 0.223 e. The van der Waals surface area contributed by atoms with Gasteiger partial charge in [0.1, 0.15) is 0 Å². The molecular formula is C24H32N2O4. The van der Waals surface area contributed by atoms with Crippen LogP contribution in [0.5, 0.6) is 0 Å². The minimum absolute atomic E-state index is 0.211. The second-order valence-corrected chi connectivity index (χ2v) is 10.1. The number of fused-ring (bicyclic) bond motifs is 10. The first-order chi connectivity index (χ1) is 14.7. The standard InChI is InChI=1S/C24H32N2O4/c27-23(21-17-13-1-2-14(11-13)18(17)21)25-5-7-29-9-10-30-8-6-26-24(28)22-19-15-3-4-16(12-15)20(19)22/h1-4,13-22H,5-12H2,(H,25,27)(H,26,28). The SMILES string of the molecule is O=C(NCCOCCOCCNC(=O)C1C2C3C=CC(C3)C12)C1C2C3C=CC(C3)C12. The van der Waals surface area contributed by atoms with Gasteiger partial charge in [0.2, 0.25) is 11.8 Å². The Labute approximate surface area is 177 Å². The van der Waals surface area contributed by atoms with Crippen LogP contribution in [0.4, 0.5) is 0 Å². The average Bonchev–Trinajstić information content (AvgIpc) is 3.41. The number of ether oxygens (including phenoxy) is 2. The van der Waals surface area contributed by atoms with Gasteiger partial charge >= 0.3 is 0 Å². The Morgan fingerprint density at radius 1 is 0.633 bits per heavy atom. The maximum absolute atomic E-state index is 12.3. The van der Waals surface area contributed by atoms with Crippen LogP contribution >= 0.6 is 0 Å². The number of carbonyl (C=O) groups excluding carboxylic acids is 2. The smallest absolute Gasteiger partial charge is 0.223 e. The summed E-state index contributed by atoms with van der Waals surface area (Å²) in [5.74, 6) is 5.98. The normalized spacial score (nSPS) is 44.8. The molecule has 0 aromatic carbocycles. The predicted octanol–water partition coefficient (Wildman–Crippen LogP) is 1.39. The zero-order chi connectivity index (χ0) is 20.2. The summed E-state index contributed by atoms with van der Waals surface area (Å²) in [4.78, 5) is 24.6. The third-order valence-electron chi connectivity index (χ3n) is 8.61. The second-order valence-electron chi connectivity index (χ2n) is 10.1. The molecule has 2 amide bonds. The van der Waals surface area contributed by atoms with Gasteiger partial charge in [0.25, 0.3) is 0 Å². The van der Waals surface area contributed by atoms with E-state index in [1.807, 2.05) is 0 Å². The molecule has 6 rings (SSSR count). The van der Waals surface area contributed by atoms with Crippen molar-refractivity contribution >= 4 is 11.8 Å². The van der Waals surface area contributed by atoms with Crippen LogP contribution in [-0.4, -0.2) is 51.3 Å². The van der Waals surface area contributed by atoms with Crippen molar-refractivity contribution in [1.29, 1.82) is 0 Å². The highest BCUT2D eigenvalue weighted by molar-refractivity contribution is 5.83. The van der Waals surface area contributed by atoms with Gasteiger partial charge in [-0.05, 0) is 60.2 Å². The molecule has 4 fully saturated rings. The zero-order valence-electron chi connectivity index (χ0n) is 17.4. The quantitative estimate of drug-likeness (QED) is 0.397. The molecule has 8 unspecified atom stereocenters. The van der Waals surface area contributed by atoms with E-state index in [4.69, 9.17) is 9.47 Å². The highest BCUT2D eigenvalue weighted by atomic mass is 16.5. The summed E-state index contributed by atoms with van der Waals surface area (Å²) in [6.07, 6.45) is 11.8. The molecule has 6 heteroatoms. The van der Waals surface area contributed by atoms with E-state index in [-0.39, 0.29) is 23.7 Å². The first kappa shape index (κ1) is 19.1. The topological polar surface area (TPSA) is 76.7 Å². The first-order valence-corrected chi connectivity index (χ1v) is 11.8. The van der Waals surface area contributed by atoms with Gasteiger partial charge < -0.3 is 20.1 Å². The maximum atomic E-state index is 12.3. The summed E-state index contributed by atoms with van der Waals surface area (Å²) in [6, 6.07) is 0. The predicted molar refractivity (Wildman–Crippen MR) is 110 cm³/mol. The van der Waals surface area contributed by atoms with E-state index < -0.39 is 0 Å². The lowest BCUT2D eigenvalue weighted by Crippen LogP contribution is -2.31. The molecule has 162 valence electrons. The molecule has 6 aliphatic carbocycles. The minimum atomic E-state index is 0.211. The van der Waals surface area contributed by atoms with Crippen molar-refractivity contribution in [3.05, 3.63) is 24.3 Å². The molecular weight excluding hydrogens is 380 g/mol. The Balaban J connectivity index is 0.762. The van der Waals surface area contributed by atoms with Crippen molar-refractivity contribution in [3.8, 4) is 0 Å². The third kappa shape index (κ3) is 3.14. The van der Waals surface area contributed by atoms with E-state index >= 15 is 0 Å². The Morgan fingerprint density at radius 2 is 1.00 bits per heavy atom. The Hall–Kier alpha value is -1.66. The van der Waals surface area contributed by atoms with Crippen LogP contribution in [0, 0.1) is 59.2 Å². The molecule has 6 aliphatic rings. The fourth-order valence-corrected chi connectivity index (χ4v) is 7.33. The number of carbonyl (C=O) groups is 2. The minimum Gasteiger partial charge on any atom is -0.377 e. The zero-order valence-corrected chi connectivity index (χ0v) is 17.4. The summed E-state index contributed by atoms with van der Waals surface area (Å²) < 4.78 is 11.1. The molecule has 0 saturated heterocycles. The molecule has 0 aromatic heterocycles. The summed E-state index contributed by atoms with van der Waals surface area (Å²) in [7, 11) is 0. The fraction of sp³-hybridized carbons (Fsp3) is 0.750. The Bertz CT molecular complexity index is 679. The number of nitrogens with one attached hydrogen (secondary N) is 2. The first-order valence-electron chi connectivity index (χ1n) is 11.8. The molecule has 4 saturated carbocycles. The molecule has 0 aromatic rings. The molecule has 30 heavy (non-hydrogen) atoms. The molecule has 8 atom stereocenters. The van der Waals surface area contributed by atoms with Gasteiger partial charge in [-0.15, -0.1) is 0 Å². The number of rotatable bonds is 11. The summed E-state index contributed by atoms with van der Waals surface area (Å²) in [5.41, 5.74) is 0. The van der Waals surface area contributed by atoms with Crippen LogP contribution < -0.4 is 10.6 Å². The van der Waals surface area contributed by atoms with Gasteiger partial charge in [0.05, 0.1) is 26.4 Å². The van der Waals surface area contributed by atoms with Gasteiger partial charge in [-0.1, -0.05) is 24.3 Å². The van der Waals surface area contributed by atoms with Crippen molar-refractivity contribution in [2.24, 2.45) is 59.2 Å². The lowest BCUT2D eigenvalue weighted by atomic mass is 10.0. The highest BCUT2D eigenvalue weighted by Crippen LogP contribution is 2.67. The van der Waals surface area contributed by atoms with Crippen LogP contribution in [0.1, 0.15) is 12.8 Å². The van der Waals surface area contributed by atoms with Gasteiger partial charge in [0.15, 0.2) is 0 Å². The third-order valence-corrected chi connectivity index (χ3v) is 8.61. The second kappa shape index (κ2) is 7.49. The molecule has 4 bridgehead atoms. The van der Waals surface area contributed by atoms with E-state index in [0.29, 0.717) is 86.9 Å². The van der Waals surface area contributed by atoms with E-state index in [2.05, 4.69) is 34.9 Å². The molecule has 0 radical (unpaired) electrons. The number of hydrogen-bond donors (Lipinski definition) is 2. The van der Waals surface area contributed by atoms with Crippen molar-refractivity contribution in [2.75, 3.05) is 39.5 Å². The van der Waals surface area contributed by atoms with Crippen molar-refractivity contribution in [1.82, 2.24) is 10.6 Å². The highest BCUT2D eigenvalue weighted by Gasteiger charge is 2.66. The lowest BCUT2D eigenvalue weighted by Gasteiger charge is -2.11. The molecule has 0 spiro atoms. The van der Waals surface area contributed by atoms with Gasteiger partial charge in [0, 0.05) is 24.9 Å². The van der Waals surface area contributed by atoms with Crippen LogP contribution in [0.3, 0.4) is 0 Å². The van der Waals surface area contributed by atoms with Crippen molar-refractivity contribution in [3.63, 3.8) is 0 Å². The molecule has 0 aliphatic heterocycles. The average molecular weight is 413 g/mol. The van der Waals surface area contributed by atoms with Crippen LogP contribution in [-0.2, 0) is 19.1 Å². The van der Waals surface area contributed by atoms with E-state index in [0.717, 1.165) is 0 Å². The summed E-state index contributed by atoms with van der Waals surface area (Å²) in [5, 5.41) is 6.05. The summed E-state index contributed by atoms with van der Waals surface area (Å²) in [6.45, 7) is 3.17. The van der Waals surface area contributed by atoms with E-state index in [1.54, 1.807) is 0 Å². The number of hydrogen-bond acceptors (Lipinski definition) is 4. The fourth-order valence-electron chi connectivity index (χ4n) is 7.33. The molecule has 6 nitrogen and oxygen atoms in total. The van der Waals surface area contributed by atoms with E-state index in [1.165, 1.54) is 12.8 Å². The van der Waals surface area contributed by atoms with Crippen LogP contribution in [0.25, 0.3) is 0 Å². The molecule has 0 heterocycles. The van der Waals surface area contributed by atoms with Gasteiger partial charge in [-0.2, -0.15) is 0 Å². The monoisotopic (exact) mass is 412 g/mol. The summed E-state index contributed by atoms with van der Waals surface area (Å²) >= 11 is 0. The number of amides is 2. The van der Waals surface area contributed by atoms with E-state index in [9.17, 15) is 9.59 Å². The molecule has 2 N–H and O–H groups in total. The van der Waals surface area contributed by atoms with Gasteiger partial charge in [-0.25, -0.2) is 0 Å². The number of allylic oxidation sites excluding steroid dienone is 4. The lowest BCUT2D eigenvalue weighted by molar-refractivity contribution is -0.124. The Morgan fingerprint density at radius 3 is 1.37 bits per heavy atom. The largest absolute Gasteiger partial charge is 0.377 e. The van der Waals surface area contributed by atoms with Gasteiger partial charge in [-0.3, -0.25) is 9.59 Å². The van der Waals surface area contributed by atoms with Crippen molar-refractivity contribution in [2.45, 2.75) is 12.8 Å². The van der Waals surface area contributed by atoms with Crippen LogP contribution in [0.15, 0.2) is 24.3 Å². The Kier molecular flexibility index (Phi) is 4.75. The van der Waals surface area contributed by atoms with Crippen molar-refractivity contribution < 1.29 is 19.1 Å². The van der Waals surface area contributed by atoms with Crippen LogP contribution in [0.2, 0.25) is 0 Å².